The summed E-state index contributed by atoms with van der Waals surface area (Å²) in [5, 5.41) is 10.6. The molecule has 1 aliphatic carbocycles. The molecule has 2 aromatic carbocycles. The van der Waals surface area contributed by atoms with Gasteiger partial charge in [0.05, 0.1) is 46.0 Å². The summed E-state index contributed by atoms with van der Waals surface area (Å²) in [7, 11) is 0. The lowest BCUT2D eigenvalue weighted by Crippen LogP contribution is -2.64. The molecule has 5 heterocycles. The number of rotatable bonds is 7. The summed E-state index contributed by atoms with van der Waals surface area (Å²) >= 11 is 12.6. The Morgan fingerprint density at radius 2 is 1.93 bits per heavy atom. The predicted molar refractivity (Wildman–Crippen MR) is 165 cm³/mol. The highest BCUT2D eigenvalue weighted by Gasteiger charge is 2.47. The monoisotopic (exact) mass is 635 g/mol. The largest absolute Gasteiger partial charge is 0.478 e. The molecule has 0 radical (unpaired) electrons. The molecule has 2 saturated heterocycles. The second-order valence-corrected chi connectivity index (χ2v) is 12.9. The molecule has 0 amide bonds. The number of nitrogens with zero attached hydrogens (tertiary/aromatic N) is 5. The molecule has 12 heteroatoms. The van der Waals surface area contributed by atoms with Crippen molar-refractivity contribution >= 4 is 45.9 Å². The van der Waals surface area contributed by atoms with E-state index in [0.29, 0.717) is 52.2 Å². The van der Waals surface area contributed by atoms with Gasteiger partial charge in [0.2, 0.25) is 0 Å². The first-order valence-electron chi connectivity index (χ1n) is 14.9. The van der Waals surface area contributed by atoms with Crippen molar-refractivity contribution in [1.82, 2.24) is 19.4 Å². The molecule has 0 spiro atoms. The minimum atomic E-state index is -1.05. The molecule has 4 aliphatic rings. The molecule has 4 aromatic rings. The molecular formula is C32H31Cl2N5O5. The Hall–Kier alpha value is -3.57. The van der Waals surface area contributed by atoms with Gasteiger partial charge in [-0.1, -0.05) is 29.3 Å². The number of carboxylic acid groups (broad SMARTS) is 1. The summed E-state index contributed by atoms with van der Waals surface area (Å²) in [5.41, 5.74) is 3.20. The number of hydrogen-bond donors (Lipinski definition) is 1. The normalized spacial score (nSPS) is 25.9. The molecule has 8 rings (SSSR count). The summed E-state index contributed by atoms with van der Waals surface area (Å²) in [4.78, 5) is 26.2. The lowest BCUT2D eigenvalue weighted by Gasteiger charge is -2.54. The third-order valence-electron chi connectivity index (χ3n) is 9.42. The number of para-hydroxylation sites is 1. The van der Waals surface area contributed by atoms with Crippen LogP contribution in [0.2, 0.25) is 10.0 Å². The SMILES string of the molecule is C[C@]1(c2ccc(Cl)cn2)Oc2cccc(N3CCN(Cc4nc5c(Cl)cc(C(=O)O)cc5n4C[C@@H]4CCO4)[C@H]4CC[C@@H]43)c2O1. The Bertz CT molecular complexity index is 1780. The number of pyridine rings is 1. The number of carbonyl (C=O) groups is 1. The zero-order chi connectivity index (χ0) is 30.2. The Balaban J connectivity index is 1.06. The highest BCUT2D eigenvalue weighted by Crippen LogP contribution is 2.51. The predicted octanol–water partition coefficient (Wildman–Crippen LogP) is 5.72. The summed E-state index contributed by atoms with van der Waals surface area (Å²) in [5.74, 6) is 0.252. The van der Waals surface area contributed by atoms with Crippen molar-refractivity contribution in [3.63, 3.8) is 0 Å². The molecule has 4 atom stereocenters. The van der Waals surface area contributed by atoms with Crippen LogP contribution in [-0.4, -0.2) is 68.4 Å². The van der Waals surface area contributed by atoms with E-state index in [-0.39, 0.29) is 11.7 Å². The fourth-order valence-electron chi connectivity index (χ4n) is 6.90. The maximum absolute atomic E-state index is 11.8. The van der Waals surface area contributed by atoms with Crippen LogP contribution in [-0.2, 0) is 23.6 Å². The van der Waals surface area contributed by atoms with E-state index in [1.165, 1.54) is 6.07 Å². The minimum absolute atomic E-state index is 0.0860. The third kappa shape index (κ3) is 4.58. The topological polar surface area (TPSA) is 102 Å². The van der Waals surface area contributed by atoms with Crippen LogP contribution < -0.4 is 14.4 Å². The van der Waals surface area contributed by atoms with Crippen LogP contribution in [0.25, 0.3) is 11.0 Å². The number of piperazine rings is 1. The Kier molecular flexibility index (Phi) is 6.68. The number of benzene rings is 2. The van der Waals surface area contributed by atoms with Crippen molar-refractivity contribution in [1.29, 1.82) is 0 Å². The molecule has 0 unspecified atom stereocenters. The first-order chi connectivity index (χ1) is 21.3. The number of aromatic nitrogens is 3. The van der Waals surface area contributed by atoms with E-state index < -0.39 is 11.8 Å². The van der Waals surface area contributed by atoms with Crippen molar-refractivity contribution in [3.8, 4) is 11.5 Å². The molecular weight excluding hydrogens is 605 g/mol. The van der Waals surface area contributed by atoms with Gasteiger partial charge < -0.3 is 28.8 Å². The van der Waals surface area contributed by atoms with Crippen molar-refractivity contribution in [2.45, 2.75) is 63.3 Å². The molecule has 3 aliphatic heterocycles. The number of fused-ring (bicyclic) bond motifs is 3. The Labute approximate surface area is 264 Å². The number of imidazole rings is 1. The average Bonchev–Trinajstić information content (AvgIpc) is 3.49. The van der Waals surface area contributed by atoms with E-state index in [0.717, 1.165) is 61.7 Å². The standard InChI is InChI=1S/C32H31Cl2N5O5/c1-32(27-8-5-19(33)15-35-27)43-26-4-2-3-24(30(26)44-32)38-11-10-37(22-6-7-23(22)38)17-28-36-29-21(34)13-18(31(40)41)14-25(29)39(28)16-20-9-12-42-20/h2-5,8,13-15,20,22-23H,6-7,9-12,16-17H2,1H3,(H,40,41)/t20-,22-,23-,32-/m0/s1. The second-order valence-electron chi connectivity index (χ2n) is 12.0. The van der Waals surface area contributed by atoms with E-state index in [1.54, 1.807) is 18.3 Å². The highest BCUT2D eigenvalue weighted by atomic mass is 35.5. The van der Waals surface area contributed by atoms with Gasteiger partial charge in [0.25, 0.3) is 5.79 Å². The third-order valence-corrected chi connectivity index (χ3v) is 9.93. The van der Waals surface area contributed by atoms with E-state index in [1.807, 2.05) is 25.1 Å². The smallest absolute Gasteiger partial charge is 0.335 e. The van der Waals surface area contributed by atoms with Gasteiger partial charge >= 0.3 is 5.97 Å². The summed E-state index contributed by atoms with van der Waals surface area (Å²) in [6.07, 6.45) is 4.80. The fourth-order valence-corrected chi connectivity index (χ4v) is 7.26. The highest BCUT2D eigenvalue weighted by molar-refractivity contribution is 6.35. The first-order valence-corrected chi connectivity index (χ1v) is 15.7. The zero-order valence-electron chi connectivity index (χ0n) is 24.1. The average molecular weight is 637 g/mol. The first kappa shape index (κ1) is 27.9. The summed E-state index contributed by atoms with van der Waals surface area (Å²) < 4.78 is 20.7. The lowest BCUT2D eigenvalue weighted by molar-refractivity contribution is -0.0717. The number of carboxylic acids is 1. The Morgan fingerprint density at radius 3 is 2.64 bits per heavy atom. The molecule has 44 heavy (non-hydrogen) atoms. The van der Waals surface area contributed by atoms with Gasteiger partial charge in [-0.15, -0.1) is 0 Å². The number of ether oxygens (including phenoxy) is 3. The van der Waals surface area contributed by atoms with Crippen molar-refractivity contribution in [2.75, 3.05) is 24.6 Å². The van der Waals surface area contributed by atoms with Gasteiger partial charge in [0.1, 0.15) is 17.0 Å². The molecule has 10 nitrogen and oxygen atoms in total. The van der Waals surface area contributed by atoms with E-state index in [2.05, 4.69) is 25.4 Å². The summed E-state index contributed by atoms with van der Waals surface area (Å²) in [6, 6.07) is 13.5. The molecule has 3 fully saturated rings. The van der Waals surface area contributed by atoms with Gasteiger partial charge in [-0.05, 0) is 55.7 Å². The number of hydrogen-bond acceptors (Lipinski definition) is 8. The number of anilines is 1. The van der Waals surface area contributed by atoms with Gasteiger partial charge in [-0.25, -0.2) is 9.78 Å². The second kappa shape index (κ2) is 10.5. The van der Waals surface area contributed by atoms with E-state index in [9.17, 15) is 9.90 Å². The quantitative estimate of drug-likeness (QED) is 0.273. The molecule has 1 N–H and O–H groups in total. The van der Waals surface area contributed by atoms with Gasteiger partial charge in [-0.3, -0.25) is 9.88 Å². The maximum Gasteiger partial charge on any atom is 0.335 e. The van der Waals surface area contributed by atoms with E-state index >= 15 is 0 Å². The Morgan fingerprint density at radius 1 is 1.09 bits per heavy atom. The lowest BCUT2D eigenvalue weighted by atomic mass is 9.81. The maximum atomic E-state index is 11.8. The fraction of sp³-hybridized carbons (Fsp3) is 0.406. The molecule has 228 valence electrons. The summed E-state index contributed by atoms with van der Waals surface area (Å²) in [6.45, 7) is 5.53. The van der Waals surface area contributed by atoms with Crippen molar-refractivity contribution < 1.29 is 24.1 Å². The van der Waals surface area contributed by atoms with Gasteiger partial charge in [0.15, 0.2) is 11.5 Å². The van der Waals surface area contributed by atoms with Crippen LogP contribution in [0.5, 0.6) is 11.5 Å². The number of halogens is 2. The molecule has 2 aromatic heterocycles. The van der Waals surface area contributed by atoms with Crippen LogP contribution >= 0.6 is 23.2 Å². The van der Waals surface area contributed by atoms with Crippen molar-refractivity contribution in [2.24, 2.45) is 0 Å². The van der Waals surface area contributed by atoms with Crippen LogP contribution in [0, 0.1) is 0 Å². The number of aromatic carboxylic acids is 1. The van der Waals surface area contributed by atoms with Crippen LogP contribution in [0.3, 0.4) is 0 Å². The van der Waals surface area contributed by atoms with Crippen molar-refractivity contribution in [3.05, 3.63) is 75.8 Å². The van der Waals surface area contributed by atoms with E-state index in [4.69, 9.17) is 42.4 Å². The van der Waals surface area contributed by atoms with Crippen LogP contribution in [0.1, 0.15) is 48.1 Å². The zero-order valence-corrected chi connectivity index (χ0v) is 25.6. The van der Waals surface area contributed by atoms with Crippen LogP contribution in [0.4, 0.5) is 5.69 Å². The molecule has 1 saturated carbocycles. The van der Waals surface area contributed by atoms with Crippen LogP contribution in [0.15, 0.2) is 48.7 Å². The molecule has 0 bridgehead atoms. The van der Waals surface area contributed by atoms with Gasteiger partial charge in [0, 0.05) is 44.9 Å². The minimum Gasteiger partial charge on any atom is -0.478 e. The van der Waals surface area contributed by atoms with Gasteiger partial charge in [-0.2, -0.15) is 0 Å².